The molecule has 0 bridgehead atoms. The summed E-state index contributed by atoms with van der Waals surface area (Å²) >= 11 is 0. The molecular formula is C16H21NO. The standard InChI is InChI=1S/C16H21NO/c1-12-10-13-6-5-7-14(15(13)18-12)16(11-17)8-3-2-4-9-16/h5-7,10H,2-4,8-9,11,17H2,1H3. The summed E-state index contributed by atoms with van der Waals surface area (Å²) in [5.74, 6) is 0.987. The van der Waals surface area contributed by atoms with Crippen LogP contribution >= 0.6 is 0 Å². The summed E-state index contributed by atoms with van der Waals surface area (Å²) in [4.78, 5) is 0. The van der Waals surface area contributed by atoms with E-state index in [4.69, 9.17) is 10.2 Å². The maximum Gasteiger partial charge on any atom is 0.138 e. The highest BCUT2D eigenvalue weighted by Gasteiger charge is 2.34. The highest BCUT2D eigenvalue weighted by atomic mass is 16.3. The van der Waals surface area contributed by atoms with E-state index in [-0.39, 0.29) is 5.41 Å². The Kier molecular flexibility index (Phi) is 2.90. The van der Waals surface area contributed by atoms with Gasteiger partial charge in [0.25, 0.3) is 0 Å². The molecule has 1 aliphatic rings. The molecule has 2 N–H and O–H groups in total. The fraction of sp³-hybridized carbons (Fsp3) is 0.500. The summed E-state index contributed by atoms with van der Waals surface area (Å²) in [5.41, 5.74) is 8.65. The number of para-hydroxylation sites is 1. The minimum atomic E-state index is 0.141. The average Bonchev–Trinajstić information content (AvgIpc) is 2.79. The lowest BCUT2D eigenvalue weighted by Gasteiger charge is -2.36. The Balaban J connectivity index is 2.16. The van der Waals surface area contributed by atoms with Gasteiger partial charge in [-0.1, -0.05) is 37.5 Å². The number of hydrogen-bond donors (Lipinski definition) is 1. The van der Waals surface area contributed by atoms with Gasteiger partial charge >= 0.3 is 0 Å². The molecule has 2 aromatic rings. The van der Waals surface area contributed by atoms with Crippen LogP contribution in [0.15, 0.2) is 28.7 Å². The van der Waals surface area contributed by atoms with E-state index in [2.05, 4.69) is 24.3 Å². The third-order valence-electron chi connectivity index (χ3n) is 4.44. The van der Waals surface area contributed by atoms with E-state index in [0.717, 1.165) is 17.9 Å². The van der Waals surface area contributed by atoms with Crippen LogP contribution in [0, 0.1) is 6.92 Å². The third-order valence-corrected chi connectivity index (χ3v) is 4.44. The Morgan fingerprint density at radius 2 is 2.00 bits per heavy atom. The van der Waals surface area contributed by atoms with Crippen molar-refractivity contribution in [2.75, 3.05) is 6.54 Å². The van der Waals surface area contributed by atoms with Gasteiger partial charge < -0.3 is 10.2 Å². The number of furan rings is 1. The molecule has 2 nitrogen and oxygen atoms in total. The lowest BCUT2D eigenvalue weighted by molar-refractivity contribution is 0.300. The van der Waals surface area contributed by atoms with Crippen molar-refractivity contribution < 1.29 is 4.42 Å². The number of hydrogen-bond acceptors (Lipinski definition) is 2. The van der Waals surface area contributed by atoms with Gasteiger partial charge in [-0.25, -0.2) is 0 Å². The minimum absolute atomic E-state index is 0.141. The number of rotatable bonds is 2. The second-order valence-electron chi connectivity index (χ2n) is 5.63. The maximum atomic E-state index is 6.13. The summed E-state index contributed by atoms with van der Waals surface area (Å²) in [5, 5.41) is 1.21. The van der Waals surface area contributed by atoms with Crippen LogP contribution in [0.3, 0.4) is 0 Å². The van der Waals surface area contributed by atoms with Crippen molar-refractivity contribution in [1.82, 2.24) is 0 Å². The van der Waals surface area contributed by atoms with E-state index >= 15 is 0 Å². The Bertz CT molecular complexity index is 549. The van der Waals surface area contributed by atoms with Crippen molar-refractivity contribution in [1.29, 1.82) is 0 Å². The summed E-state index contributed by atoms with van der Waals surface area (Å²) in [6.07, 6.45) is 6.31. The van der Waals surface area contributed by atoms with Crippen molar-refractivity contribution in [3.63, 3.8) is 0 Å². The normalized spacial score (nSPS) is 19.2. The van der Waals surface area contributed by atoms with Gasteiger partial charge in [0.1, 0.15) is 11.3 Å². The van der Waals surface area contributed by atoms with Crippen molar-refractivity contribution in [3.8, 4) is 0 Å². The first-order chi connectivity index (χ1) is 8.75. The lowest BCUT2D eigenvalue weighted by Crippen LogP contribution is -2.37. The molecule has 3 rings (SSSR count). The fourth-order valence-corrected chi connectivity index (χ4v) is 3.42. The Labute approximate surface area is 108 Å². The molecule has 2 heteroatoms. The average molecular weight is 243 g/mol. The summed E-state index contributed by atoms with van der Waals surface area (Å²) in [7, 11) is 0. The van der Waals surface area contributed by atoms with Gasteiger partial charge in [0.05, 0.1) is 0 Å². The van der Waals surface area contributed by atoms with Crippen LogP contribution in [-0.4, -0.2) is 6.54 Å². The van der Waals surface area contributed by atoms with Crippen LogP contribution in [0.2, 0.25) is 0 Å². The molecule has 1 aromatic carbocycles. The van der Waals surface area contributed by atoms with Gasteiger partial charge in [0, 0.05) is 22.9 Å². The third kappa shape index (κ3) is 1.76. The minimum Gasteiger partial charge on any atom is -0.461 e. The molecule has 0 spiro atoms. The van der Waals surface area contributed by atoms with Crippen LogP contribution in [0.25, 0.3) is 11.0 Å². The first-order valence-electron chi connectivity index (χ1n) is 6.95. The van der Waals surface area contributed by atoms with Gasteiger partial charge in [-0.05, 0) is 25.8 Å². The molecule has 0 amide bonds. The molecular weight excluding hydrogens is 222 g/mol. The largest absolute Gasteiger partial charge is 0.461 e. The van der Waals surface area contributed by atoms with Crippen molar-refractivity contribution in [2.45, 2.75) is 44.4 Å². The van der Waals surface area contributed by atoms with Crippen LogP contribution in [0.1, 0.15) is 43.4 Å². The molecule has 0 saturated heterocycles. The van der Waals surface area contributed by atoms with Crippen molar-refractivity contribution in [3.05, 3.63) is 35.6 Å². The lowest BCUT2D eigenvalue weighted by atomic mass is 9.69. The quantitative estimate of drug-likeness (QED) is 0.868. The fourth-order valence-electron chi connectivity index (χ4n) is 3.42. The highest BCUT2D eigenvalue weighted by molar-refractivity contribution is 5.82. The summed E-state index contributed by atoms with van der Waals surface area (Å²) in [6, 6.07) is 8.59. The van der Waals surface area contributed by atoms with Gasteiger partial charge in [-0.3, -0.25) is 0 Å². The molecule has 0 aliphatic heterocycles. The zero-order valence-corrected chi connectivity index (χ0v) is 11.0. The molecule has 1 aromatic heterocycles. The zero-order valence-electron chi connectivity index (χ0n) is 11.0. The molecule has 1 aliphatic carbocycles. The molecule has 18 heavy (non-hydrogen) atoms. The van der Waals surface area contributed by atoms with Crippen LogP contribution in [-0.2, 0) is 5.41 Å². The topological polar surface area (TPSA) is 39.2 Å². The molecule has 96 valence electrons. The number of fused-ring (bicyclic) bond motifs is 1. The Hall–Kier alpha value is -1.28. The maximum absolute atomic E-state index is 6.13. The van der Waals surface area contributed by atoms with Crippen LogP contribution in [0.5, 0.6) is 0 Å². The molecule has 0 radical (unpaired) electrons. The number of nitrogens with two attached hydrogens (primary N) is 1. The molecule has 0 unspecified atom stereocenters. The second-order valence-corrected chi connectivity index (χ2v) is 5.63. The summed E-state index contributed by atoms with van der Waals surface area (Å²) in [6.45, 7) is 2.74. The van der Waals surface area contributed by atoms with E-state index in [1.807, 2.05) is 6.92 Å². The smallest absolute Gasteiger partial charge is 0.138 e. The Morgan fingerprint density at radius 3 is 2.72 bits per heavy atom. The number of benzene rings is 1. The monoisotopic (exact) mass is 243 g/mol. The first-order valence-corrected chi connectivity index (χ1v) is 6.95. The van der Waals surface area contributed by atoms with E-state index in [1.165, 1.54) is 43.1 Å². The van der Waals surface area contributed by atoms with Gasteiger partial charge in [0.2, 0.25) is 0 Å². The first kappa shape index (κ1) is 11.8. The van der Waals surface area contributed by atoms with Crippen LogP contribution < -0.4 is 5.73 Å². The van der Waals surface area contributed by atoms with Crippen molar-refractivity contribution >= 4 is 11.0 Å². The number of aryl methyl sites for hydroxylation is 1. The van der Waals surface area contributed by atoms with E-state index < -0.39 is 0 Å². The highest BCUT2D eigenvalue weighted by Crippen LogP contribution is 2.42. The van der Waals surface area contributed by atoms with Gasteiger partial charge in [0.15, 0.2) is 0 Å². The predicted molar refractivity (Wildman–Crippen MR) is 74.8 cm³/mol. The predicted octanol–water partition coefficient (Wildman–Crippen LogP) is 3.90. The Morgan fingerprint density at radius 1 is 1.22 bits per heavy atom. The van der Waals surface area contributed by atoms with Gasteiger partial charge in [-0.2, -0.15) is 0 Å². The molecule has 1 saturated carbocycles. The molecule has 0 atom stereocenters. The van der Waals surface area contributed by atoms with Crippen LogP contribution in [0.4, 0.5) is 0 Å². The molecule has 1 heterocycles. The SMILES string of the molecule is Cc1cc2cccc(C3(CN)CCCCC3)c2o1. The van der Waals surface area contributed by atoms with Crippen molar-refractivity contribution in [2.24, 2.45) is 5.73 Å². The zero-order chi connectivity index (χ0) is 12.6. The second kappa shape index (κ2) is 4.43. The van der Waals surface area contributed by atoms with E-state index in [9.17, 15) is 0 Å². The van der Waals surface area contributed by atoms with Gasteiger partial charge in [-0.15, -0.1) is 0 Å². The van der Waals surface area contributed by atoms with E-state index in [0.29, 0.717) is 0 Å². The van der Waals surface area contributed by atoms with E-state index in [1.54, 1.807) is 0 Å². The molecule has 1 fully saturated rings. The summed E-state index contributed by atoms with van der Waals surface area (Å²) < 4.78 is 5.92.